The Kier molecular flexibility index (Phi) is 350. The number of rotatable bonds is 0. The molecule has 0 saturated carbocycles. The van der Waals surface area contributed by atoms with Crippen molar-refractivity contribution in [3.05, 3.63) is 0 Å². The molecule has 0 bridgehead atoms. The largest absolute Gasteiger partial charge is 1.00 e. The first-order valence-electron chi connectivity index (χ1n) is 0. The van der Waals surface area contributed by atoms with Crippen molar-refractivity contribution in [1.82, 2.24) is 0 Å². The van der Waals surface area contributed by atoms with Crippen LogP contribution in [0.4, 0.5) is 9.41 Å². The number of halogens is 2. The molecule has 0 rings (SSSR count). The third kappa shape index (κ3) is 10.0. The van der Waals surface area contributed by atoms with Gasteiger partial charge in [-0.25, -0.2) is 0 Å². The molecule has 0 saturated heterocycles. The van der Waals surface area contributed by atoms with Crippen molar-refractivity contribution in [2.45, 2.75) is 0 Å². The molecule has 0 amide bonds. The summed E-state index contributed by atoms with van der Waals surface area (Å²) in [4.78, 5) is 0. The van der Waals surface area contributed by atoms with Crippen molar-refractivity contribution < 1.29 is 40.4 Å². The second kappa shape index (κ2) is 26.1. The molecular formula is H6AlF2Na. The first-order valence-corrected chi connectivity index (χ1v) is 0. The predicted molar refractivity (Wildman–Crippen MR) is 16.1 cm³/mol. The van der Waals surface area contributed by atoms with Gasteiger partial charge in [-0.05, 0) is 0 Å². The van der Waals surface area contributed by atoms with Crippen molar-refractivity contribution in [3.8, 4) is 0 Å². The summed E-state index contributed by atoms with van der Waals surface area (Å²) in [6, 6.07) is 0. The zero-order chi connectivity index (χ0) is 0. The molecule has 0 heterocycles. The quantitative estimate of drug-likeness (QED) is 0.270. The van der Waals surface area contributed by atoms with E-state index >= 15 is 0 Å². The van der Waals surface area contributed by atoms with E-state index in [0.717, 1.165) is 0 Å². The fraction of sp³-hybridized carbons (Fsp3) is 0. The zero-order valence-corrected chi connectivity index (χ0v) is 3.82. The summed E-state index contributed by atoms with van der Waals surface area (Å²) in [7, 11) is 0. The molecule has 0 aromatic heterocycles. The zero-order valence-electron chi connectivity index (χ0n) is 2.82. The van der Waals surface area contributed by atoms with Crippen molar-refractivity contribution in [2.24, 2.45) is 0 Å². The Hall–Kier alpha value is 1.39. The van der Waals surface area contributed by atoms with Gasteiger partial charge in [0.25, 0.3) is 0 Å². The van der Waals surface area contributed by atoms with Crippen LogP contribution in [0.3, 0.4) is 0 Å². The fourth-order valence-corrected chi connectivity index (χ4v) is 0. The van der Waals surface area contributed by atoms with Crippen LogP contribution >= 0.6 is 0 Å². The summed E-state index contributed by atoms with van der Waals surface area (Å²) in [6.07, 6.45) is 0. The van der Waals surface area contributed by atoms with E-state index in [-0.39, 0.29) is 57.8 Å². The van der Waals surface area contributed by atoms with Gasteiger partial charge >= 0.3 is 29.6 Å². The van der Waals surface area contributed by atoms with E-state index < -0.39 is 0 Å². The van der Waals surface area contributed by atoms with Crippen molar-refractivity contribution in [2.75, 3.05) is 0 Å². The Morgan fingerprint density at radius 2 is 1.00 bits per heavy atom. The van der Waals surface area contributed by atoms with Crippen LogP contribution in [0.1, 0.15) is 1.43 Å². The Morgan fingerprint density at radius 3 is 1.00 bits per heavy atom. The molecule has 0 N–H and O–H groups in total. The van der Waals surface area contributed by atoms with E-state index in [0.29, 0.717) is 0 Å². The van der Waals surface area contributed by atoms with E-state index in [4.69, 9.17) is 0 Å². The minimum atomic E-state index is 0. The van der Waals surface area contributed by atoms with Crippen LogP contribution in [0, 0.1) is 0 Å². The summed E-state index contributed by atoms with van der Waals surface area (Å²) in [6.45, 7) is 0. The maximum atomic E-state index is 0. The maximum absolute atomic E-state index is 0. The number of hydrogen-bond acceptors (Lipinski definition) is 0. The molecule has 0 nitrogen and oxygen atoms in total. The van der Waals surface area contributed by atoms with Gasteiger partial charge in [-0.15, -0.1) is 0 Å². The molecule has 4 heteroatoms. The topological polar surface area (TPSA) is 0 Å². The first kappa shape index (κ1) is 53.7. The molecule has 0 atom stereocenters. The smallest absolute Gasteiger partial charge is 1.00 e. The van der Waals surface area contributed by atoms with Crippen LogP contribution in [-0.4, -0.2) is 17.4 Å². The Labute approximate surface area is 57.6 Å². The van der Waals surface area contributed by atoms with Gasteiger partial charge in [0.1, 0.15) is 0 Å². The van der Waals surface area contributed by atoms with Gasteiger partial charge in [0.2, 0.25) is 0 Å². The third-order valence-corrected chi connectivity index (χ3v) is 0. The number of hydrogen-bond donors (Lipinski definition) is 0. The summed E-state index contributed by atoms with van der Waals surface area (Å²) in [5.74, 6) is 0. The molecule has 0 spiro atoms. The monoisotopic (exact) mass is 94.0 g/mol. The molecule has 0 aliphatic heterocycles. The molecule has 24 valence electrons. The maximum Gasteiger partial charge on any atom is 1.00 e. The Morgan fingerprint density at radius 1 is 1.00 bits per heavy atom. The van der Waals surface area contributed by atoms with Crippen LogP contribution < -0.4 is 29.6 Å². The third-order valence-electron chi connectivity index (χ3n) is 0. The molecule has 4 heavy (non-hydrogen) atoms. The van der Waals surface area contributed by atoms with E-state index in [2.05, 4.69) is 0 Å². The van der Waals surface area contributed by atoms with Gasteiger partial charge in [-0.1, -0.05) is 0 Å². The second-order valence-corrected chi connectivity index (χ2v) is 0. The van der Waals surface area contributed by atoms with Crippen molar-refractivity contribution in [3.63, 3.8) is 0 Å². The van der Waals surface area contributed by atoms with Gasteiger partial charge < -0.3 is 1.43 Å². The molecule has 0 aromatic carbocycles. The van der Waals surface area contributed by atoms with Crippen LogP contribution in [0.5, 0.6) is 0 Å². The second-order valence-electron chi connectivity index (χ2n) is 0. The molecule has 0 fully saturated rings. The predicted octanol–water partition coefficient (Wildman–Crippen LogP) is -3.76. The average Bonchev–Trinajstić information content (AvgIpc) is 0. The molecular weight excluding hydrogens is 88.0 g/mol. The van der Waals surface area contributed by atoms with Crippen molar-refractivity contribution in [1.29, 1.82) is 0 Å². The van der Waals surface area contributed by atoms with E-state index in [1.807, 2.05) is 0 Å². The van der Waals surface area contributed by atoms with Crippen LogP contribution in [0.15, 0.2) is 0 Å². The summed E-state index contributed by atoms with van der Waals surface area (Å²) >= 11 is 0. The summed E-state index contributed by atoms with van der Waals surface area (Å²) in [5, 5.41) is 0. The first-order chi connectivity index (χ1) is 0. The Bertz CT molecular complexity index is 9.61. The molecule has 0 aliphatic carbocycles. The van der Waals surface area contributed by atoms with E-state index in [1.54, 1.807) is 0 Å². The van der Waals surface area contributed by atoms with E-state index in [9.17, 15) is 0 Å². The minimum Gasteiger partial charge on any atom is -1.00 e. The fourth-order valence-electron chi connectivity index (χ4n) is 0. The molecule has 0 aromatic rings. The molecule has 0 unspecified atom stereocenters. The minimum absolute atomic E-state index is 0. The van der Waals surface area contributed by atoms with Crippen LogP contribution in [0.2, 0.25) is 0 Å². The summed E-state index contributed by atoms with van der Waals surface area (Å²) < 4.78 is 0. The standard InChI is InChI=1S/Al.2FH.Na.4H/h;2*1H;;;;;/q;;;+1;;;;-1. The summed E-state index contributed by atoms with van der Waals surface area (Å²) in [5.41, 5.74) is 0. The average molecular weight is 94.0 g/mol. The van der Waals surface area contributed by atoms with Crippen LogP contribution in [-0.2, 0) is 0 Å². The molecule has 0 aliphatic rings. The van der Waals surface area contributed by atoms with Crippen LogP contribution in [0.25, 0.3) is 0 Å². The molecule has 0 radical (unpaired) electrons. The Balaban J connectivity index is 0. The van der Waals surface area contributed by atoms with Gasteiger partial charge in [-0.2, -0.15) is 0 Å². The van der Waals surface area contributed by atoms with Gasteiger partial charge in [0.15, 0.2) is 17.4 Å². The normalized spacial score (nSPS) is 0. The van der Waals surface area contributed by atoms with E-state index in [1.165, 1.54) is 0 Å². The van der Waals surface area contributed by atoms with Gasteiger partial charge in [-0.3, -0.25) is 9.41 Å². The SMILES string of the molecule is F.F.[AlH3].[H-].[Na+]. The van der Waals surface area contributed by atoms with Gasteiger partial charge in [0.05, 0.1) is 0 Å². The van der Waals surface area contributed by atoms with Crippen molar-refractivity contribution >= 4 is 17.4 Å². The van der Waals surface area contributed by atoms with Gasteiger partial charge in [0, 0.05) is 0 Å².